The van der Waals surface area contributed by atoms with Crippen LogP contribution in [-0.4, -0.2) is 103 Å². The van der Waals surface area contributed by atoms with Crippen LogP contribution in [0.1, 0.15) is 79.6 Å². The molecule has 1 saturated carbocycles. The van der Waals surface area contributed by atoms with E-state index in [9.17, 15) is 9.59 Å². The van der Waals surface area contributed by atoms with Crippen LogP contribution in [0.4, 0.5) is 4.79 Å². The van der Waals surface area contributed by atoms with E-state index in [1.807, 2.05) is 18.7 Å². The van der Waals surface area contributed by atoms with Crippen molar-refractivity contribution >= 4 is 12.0 Å². The van der Waals surface area contributed by atoms with Crippen LogP contribution in [0.25, 0.3) is 0 Å². The van der Waals surface area contributed by atoms with E-state index in [4.69, 9.17) is 18.9 Å². The van der Waals surface area contributed by atoms with Gasteiger partial charge in [-0.3, -0.25) is 4.79 Å². The molecule has 9 nitrogen and oxygen atoms in total. The Hall–Kier alpha value is -1.68. The van der Waals surface area contributed by atoms with E-state index in [1.54, 1.807) is 7.11 Å². The van der Waals surface area contributed by atoms with Crippen molar-refractivity contribution in [2.24, 2.45) is 11.8 Å². The van der Waals surface area contributed by atoms with Gasteiger partial charge in [-0.15, -0.1) is 0 Å². The lowest BCUT2D eigenvalue weighted by atomic mass is 9.68. The molecule has 5 aliphatic rings. The van der Waals surface area contributed by atoms with E-state index < -0.39 is 18.2 Å². The number of nitrogens with one attached hydrogen (secondary N) is 1. The van der Waals surface area contributed by atoms with Crippen LogP contribution in [-0.2, 0) is 23.7 Å². The maximum absolute atomic E-state index is 13.5. The second-order valence-electron chi connectivity index (χ2n) is 13.5. The molecule has 40 heavy (non-hydrogen) atoms. The lowest BCUT2D eigenvalue weighted by Gasteiger charge is -2.43. The third-order valence-corrected chi connectivity index (χ3v) is 10.1. The van der Waals surface area contributed by atoms with E-state index >= 15 is 0 Å². The minimum Gasteiger partial charge on any atom is -0.443 e. The Labute approximate surface area is 240 Å². The molecule has 1 N–H and O–H groups in total. The fourth-order valence-electron chi connectivity index (χ4n) is 7.64. The highest BCUT2D eigenvalue weighted by Crippen LogP contribution is 2.59. The summed E-state index contributed by atoms with van der Waals surface area (Å²) in [6.07, 6.45) is 7.82. The average molecular weight is 562 g/mol. The zero-order valence-corrected chi connectivity index (χ0v) is 25.4. The number of carbonyl (C=O) groups excluding carboxylic acids is 2. The summed E-state index contributed by atoms with van der Waals surface area (Å²) in [7, 11) is 1.68. The molecule has 226 valence electrons. The van der Waals surface area contributed by atoms with Crippen LogP contribution in [0.5, 0.6) is 0 Å². The monoisotopic (exact) mass is 561 g/mol. The van der Waals surface area contributed by atoms with E-state index in [0.29, 0.717) is 19.1 Å². The molecule has 4 heterocycles. The maximum atomic E-state index is 13.5. The minimum atomic E-state index is -0.618. The molecule has 0 radical (unpaired) electrons. The molecule has 7 atom stereocenters. The highest BCUT2D eigenvalue weighted by Gasteiger charge is 2.72. The largest absolute Gasteiger partial charge is 0.443 e. The SMILES string of the molecule is CO[C@@H]1[C@H](OC(=O)N[C@@H](C(=O)N2CCC(N3CCCC3)CC2)C(C)C)CC[C@]2(CO2)[C@H]1[C@]1(C)O[C@@H]1CC=C(C)C. The van der Waals surface area contributed by atoms with Gasteiger partial charge in [0.15, 0.2) is 0 Å². The van der Waals surface area contributed by atoms with Gasteiger partial charge in [-0.1, -0.05) is 25.5 Å². The molecule has 5 fully saturated rings. The first-order chi connectivity index (χ1) is 19.1. The van der Waals surface area contributed by atoms with E-state index in [2.05, 4.69) is 37.1 Å². The maximum Gasteiger partial charge on any atom is 0.408 e. The second kappa shape index (κ2) is 11.9. The number of ether oxygens (including phenoxy) is 4. The Morgan fingerprint density at radius 2 is 1.77 bits per heavy atom. The average Bonchev–Trinajstić information content (AvgIpc) is 3.76. The number of rotatable bonds is 9. The zero-order chi connectivity index (χ0) is 28.7. The van der Waals surface area contributed by atoms with Crippen molar-refractivity contribution in [2.75, 3.05) is 39.9 Å². The fraction of sp³-hybridized carbons (Fsp3) is 0.871. The van der Waals surface area contributed by atoms with Crippen LogP contribution >= 0.6 is 0 Å². The lowest BCUT2D eigenvalue weighted by molar-refractivity contribution is -0.136. The van der Waals surface area contributed by atoms with E-state index in [1.165, 1.54) is 31.5 Å². The predicted molar refractivity (Wildman–Crippen MR) is 152 cm³/mol. The third-order valence-electron chi connectivity index (χ3n) is 10.1. The summed E-state index contributed by atoms with van der Waals surface area (Å²) in [5.74, 6) is -0.0964. The van der Waals surface area contributed by atoms with Gasteiger partial charge in [-0.25, -0.2) is 4.79 Å². The summed E-state index contributed by atoms with van der Waals surface area (Å²) in [4.78, 5) is 31.3. The Morgan fingerprint density at radius 3 is 2.35 bits per heavy atom. The molecule has 0 aromatic carbocycles. The Bertz CT molecular complexity index is 949. The van der Waals surface area contributed by atoms with Gasteiger partial charge in [0, 0.05) is 26.2 Å². The van der Waals surface area contributed by atoms with Crippen LogP contribution < -0.4 is 5.32 Å². The standard InChI is InChI=1S/C31H51N3O6/c1-20(2)9-10-24-30(5,40-24)27-26(37-6)23(11-14-31(27)19-38-31)39-29(36)32-25(21(3)4)28(35)34-17-12-22(13-18-34)33-15-7-8-16-33/h9,21-27H,7-8,10-19H2,1-6H3,(H,32,36)/t23-,24-,25-,26-,27-,30-,31+/m1/s1. The molecular formula is C31H51N3O6. The summed E-state index contributed by atoms with van der Waals surface area (Å²) in [6.45, 7) is 14.8. The van der Waals surface area contributed by atoms with E-state index in [0.717, 1.165) is 38.8 Å². The first-order valence-electron chi connectivity index (χ1n) is 15.6. The summed E-state index contributed by atoms with van der Waals surface area (Å²) in [5.41, 5.74) is 0.604. The summed E-state index contributed by atoms with van der Waals surface area (Å²) in [6, 6.07) is -0.0445. The molecule has 4 saturated heterocycles. The van der Waals surface area contributed by atoms with Crippen LogP contribution in [0.3, 0.4) is 0 Å². The van der Waals surface area contributed by atoms with Crippen molar-refractivity contribution in [3.8, 4) is 0 Å². The molecule has 4 aliphatic heterocycles. The highest BCUT2D eigenvalue weighted by molar-refractivity contribution is 5.86. The number of allylic oxidation sites excluding steroid dienone is 1. The molecule has 0 bridgehead atoms. The first kappa shape index (κ1) is 29.8. The number of nitrogens with zero attached hydrogens (tertiary/aromatic N) is 2. The van der Waals surface area contributed by atoms with Gasteiger partial charge >= 0.3 is 6.09 Å². The summed E-state index contributed by atoms with van der Waals surface area (Å²) >= 11 is 0. The summed E-state index contributed by atoms with van der Waals surface area (Å²) in [5, 5.41) is 2.93. The molecule has 0 unspecified atom stereocenters. The van der Waals surface area contributed by atoms with Crippen molar-refractivity contribution in [1.29, 1.82) is 0 Å². The molecule has 1 aliphatic carbocycles. The second-order valence-corrected chi connectivity index (χ2v) is 13.5. The molecule has 1 spiro atoms. The Kier molecular flexibility index (Phi) is 8.87. The van der Waals surface area contributed by atoms with Crippen molar-refractivity contribution in [3.63, 3.8) is 0 Å². The van der Waals surface area contributed by atoms with E-state index in [-0.39, 0.29) is 41.2 Å². The van der Waals surface area contributed by atoms with Gasteiger partial charge in [0.25, 0.3) is 0 Å². The number of carbonyl (C=O) groups is 2. The van der Waals surface area contributed by atoms with Crippen LogP contribution in [0.2, 0.25) is 0 Å². The number of hydrogen-bond acceptors (Lipinski definition) is 7. The van der Waals surface area contributed by atoms with Crippen LogP contribution in [0, 0.1) is 11.8 Å². The molecule has 2 amide bonds. The molecule has 0 aromatic rings. The number of piperidine rings is 1. The number of methoxy groups -OCH3 is 1. The number of amides is 2. The molecule has 9 heteroatoms. The van der Waals surface area contributed by atoms with Gasteiger partial charge in [-0.2, -0.15) is 0 Å². The zero-order valence-electron chi connectivity index (χ0n) is 25.4. The number of likely N-dealkylation sites (tertiary alicyclic amines) is 2. The first-order valence-corrected chi connectivity index (χ1v) is 15.6. The van der Waals surface area contributed by atoms with Crippen molar-refractivity contribution in [1.82, 2.24) is 15.1 Å². The van der Waals surface area contributed by atoms with Crippen molar-refractivity contribution in [2.45, 2.75) is 121 Å². The highest BCUT2D eigenvalue weighted by atomic mass is 16.6. The molecule has 0 aromatic heterocycles. The fourth-order valence-corrected chi connectivity index (χ4v) is 7.64. The predicted octanol–water partition coefficient (Wildman–Crippen LogP) is 3.90. The molecular weight excluding hydrogens is 510 g/mol. The quantitative estimate of drug-likeness (QED) is 0.337. The number of alkyl carbamates (subject to hydrolysis) is 1. The van der Waals surface area contributed by atoms with Crippen LogP contribution in [0.15, 0.2) is 11.6 Å². The normalized spacial score (nSPS) is 36.9. The van der Waals surface area contributed by atoms with Crippen molar-refractivity contribution < 1.29 is 28.5 Å². The Morgan fingerprint density at radius 1 is 1.10 bits per heavy atom. The third kappa shape index (κ3) is 6.08. The van der Waals surface area contributed by atoms with Gasteiger partial charge in [0.2, 0.25) is 5.91 Å². The topological polar surface area (TPSA) is 96.2 Å². The van der Waals surface area contributed by atoms with Gasteiger partial charge in [-0.05, 0) is 84.7 Å². The molecule has 5 rings (SSSR count). The number of epoxide rings is 2. The van der Waals surface area contributed by atoms with Gasteiger partial charge in [0.05, 0.1) is 18.6 Å². The summed E-state index contributed by atoms with van der Waals surface area (Å²) < 4.78 is 24.4. The minimum absolute atomic E-state index is 0.0111. The van der Waals surface area contributed by atoms with Gasteiger partial charge < -0.3 is 34.1 Å². The Balaban J connectivity index is 1.19. The lowest BCUT2D eigenvalue weighted by Crippen LogP contribution is -2.58. The van der Waals surface area contributed by atoms with Crippen molar-refractivity contribution in [3.05, 3.63) is 11.6 Å². The smallest absolute Gasteiger partial charge is 0.408 e. The number of hydrogen-bond donors (Lipinski definition) is 1. The van der Waals surface area contributed by atoms with Gasteiger partial charge in [0.1, 0.15) is 29.5 Å².